The number of halogens is 2. The first kappa shape index (κ1) is 16.9. The molecular formula is C16H14BrIN2O2S. The lowest BCUT2D eigenvalue weighted by molar-refractivity contribution is 0.586. The molecule has 0 fully saturated rings. The van der Waals surface area contributed by atoms with Crippen molar-refractivity contribution in [2.45, 2.75) is 25.2 Å². The molecule has 0 atom stereocenters. The number of pyridine rings is 1. The lowest BCUT2D eigenvalue weighted by Gasteiger charge is -2.11. The van der Waals surface area contributed by atoms with Crippen LogP contribution >= 0.6 is 38.5 Å². The number of hydrogen-bond acceptors (Lipinski definition) is 3. The van der Waals surface area contributed by atoms with E-state index in [1.165, 1.54) is 3.97 Å². The Kier molecular flexibility index (Phi) is 4.54. The van der Waals surface area contributed by atoms with Crippen molar-refractivity contribution in [1.29, 1.82) is 0 Å². The SMILES string of the molecule is CCc1c(I)c2cc(Br)cnc2n1S(=O)(=O)c1ccc(C)cc1. The normalized spacial score (nSPS) is 12.0. The molecule has 0 radical (unpaired) electrons. The number of hydrogen-bond donors (Lipinski definition) is 0. The van der Waals surface area contributed by atoms with E-state index in [0.717, 1.165) is 24.7 Å². The predicted molar refractivity (Wildman–Crippen MR) is 103 cm³/mol. The summed E-state index contributed by atoms with van der Waals surface area (Å²) in [6.07, 6.45) is 2.23. The van der Waals surface area contributed by atoms with Crippen LogP contribution < -0.4 is 0 Å². The zero-order valence-corrected chi connectivity index (χ0v) is 17.1. The molecule has 3 aromatic rings. The van der Waals surface area contributed by atoms with Crippen LogP contribution in [0.3, 0.4) is 0 Å². The lowest BCUT2D eigenvalue weighted by atomic mass is 10.2. The van der Waals surface area contributed by atoms with Crippen LogP contribution in [-0.2, 0) is 16.4 Å². The molecule has 4 nitrogen and oxygen atoms in total. The van der Waals surface area contributed by atoms with Crippen LogP contribution in [-0.4, -0.2) is 17.4 Å². The molecule has 23 heavy (non-hydrogen) atoms. The molecule has 0 saturated carbocycles. The lowest BCUT2D eigenvalue weighted by Crippen LogP contribution is -2.16. The van der Waals surface area contributed by atoms with Gasteiger partial charge in [0.05, 0.1) is 10.6 Å². The van der Waals surface area contributed by atoms with Gasteiger partial charge in [0.15, 0.2) is 5.65 Å². The highest BCUT2D eigenvalue weighted by Gasteiger charge is 2.26. The van der Waals surface area contributed by atoms with Gasteiger partial charge < -0.3 is 0 Å². The smallest absolute Gasteiger partial charge is 0.236 e. The molecule has 1 aromatic carbocycles. The zero-order valence-electron chi connectivity index (χ0n) is 12.5. The largest absolute Gasteiger partial charge is 0.269 e. The van der Waals surface area contributed by atoms with Gasteiger partial charge in [0.1, 0.15) is 0 Å². The first-order chi connectivity index (χ1) is 10.9. The maximum absolute atomic E-state index is 13.1. The number of aryl methyl sites for hydroxylation is 1. The average molecular weight is 505 g/mol. The van der Waals surface area contributed by atoms with E-state index in [1.807, 2.05) is 19.9 Å². The van der Waals surface area contributed by atoms with E-state index in [9.17, 15) is 8.42 Å². The Balaban J connectivity index is 2.37. The van der Waals surface area contributed by atoms with Crippen molar-refractivity contribution in [3.8, 4) is 0 Å². The molecule has 120 valence electrons. The summed E-state index contributed by atoms with van der Waals surface area (Å²) in [5.74, 6) is 0. The molecule has 0 aliphatic heterocycles. The van der Waals surface area contributed by atoms with Gasteiger partial charge in [-0.25, -0.2) is 17.4 Å². The minimum atomic E-state index is -3.68. The standard InChI is InChI=1S/C16H14BrIN2O2S/c1-3-14-15(18)13-8-11(17)9-19-16(13)20(14)23(21,22)12-6-4-10(2)5-7-12/h4-9H,3H2,1-2H3. The van der Waals surface area contributed by atoms with Gasteiger partial charge in [0, 0.05) is 19.6 Å². The van der Waals surface area contributed by atoms with Gasteiger partial charge in [-0.2, -0.15) is 0 Å². The summed E-state index contributed by atoms with van der Waals surface area (Å²) in [5.41, 5.74) is 2.25. The highest BCUT2D eigenvalue weighted by atomic mass is 127. The van der Waals surface area contributed by atoms with Crippen molar-refractivity contribution in [2.24, 2.45) is 0 Å². The Morgan fingerprint density at radius 2 is 1.91 bits per heavy atom. The van der Waals surface area contributed by atoms with E-state index in [4.69, 9.17) is 0 Å². The average Bonchev–Trinajstić information content (AvgIpc) is 2.80. The van der Waals surface area contributed by atoms with E-state index in [1.54, 1.807) is 30.5 Å². The highest BCUT2D eigenvalue weighted by molar-refractivity contribution is 14.1. The van der Waals surface area contributed by atoms with Crippen LogP contribution in [0.25, 0.3) is 11.0 Å². The number of fused-ring (bicyclic) bond motifs is 1. The van der Waals surface area contributed by atoms with Gasteiger partial charge in [0.2, 0.25) is 0 Å². The summed E-state index contributed by atoms with van der Waals surface area (Å²) in [6, 6.07) is 8.80. The number of benzene rings is 1. The maximum atomic E-state index is 13.1. The molecular weight excluding hydrogens is 491 g/mol. The number of aromatic nitrogens is 2. The molecule has 0 saturated heterocycles. The molecule has 0 unspecified atom stereocenters. The summed E-state index contributed by atoms with van der Waals surface area (Å²) in [7, 11) is -3.68. The second-order valence-electron chi connectivity index (χ2n) is 5.22. The summed E-state index contributed by atoms with van der Waals surface area (Å²) in [6.45, 7) is 3.88. The van der Waals surface area contributed by atoms with Gasteiger partial charge in [0.25, 0.3) is 10.0 Å². The molecule has 0 aliphatic rings. The Labute approximate surface area is 157 Å². The van der Waals surface area contributed by atoms with Crippen molar-refractivity contribution in [1.82, 2.24) is 8.96 Å². The Hall–Kier alpha value is -0.930. The van der Waals surface area contributed by atoms with Crippen molar-refractivity contribution in [3.05, 3.63) is 55.8 Å². The van der Waals surface area contributed by atoms with Crippen LogP contribution in [0.4, 0.5) is 0 Å². The first-order valence-electron chi connectivity index (χ1n) is 7.03. The van der Waals surface area contributed by atoms with Gasteiger partial charge in [-0.3, -0.25) is 0 Å². The van der Waals surface area contributed by atoms with Crippen molar-refractivity contribution in [3.63, 3.8) is 0 Å². The fraction of sp³-hybridized carbons (Fsp3) is 0.188. The predicted octanol–water partition coefficient (Wildman–Crippen LogP) is 4.51. The summed E-state index contributed by atoms with van der Waals surface area (Å²) in [4.78, 5) is 4.63. The number of rotatable bonds is 3. The summed E-state index contributed by atoms with van der Waals surface area (Å²) in [5, 5.41) is 0.840. The molecule has 7 heteroatoms. The van der Waals surface area contributed by atoms with E-state index in [-0.39, 0.29) is 4.90 Å². The van der Waals surface area contributed by atoms with E-state index < -0.39 is 10.0 Å². The van der Waals surface area contributed by atoms with Gasteiger partial charge in [-0.1, -0.05) is 24.6 Å². The van der Waals surface area contributed by atoms with Gasteiger partial charge >= 0.3 is 0 Å². The minimum absolute atomic E-state index is 0.274. The highest BCUT2D eigenvalue weighted by Crippen LogP contribution is 2.32. The third-order valence-corrected chi connectivity index (χ3v) is 7.03. The first-order valence-corrected chi connectivity index (χ1v) is 10.3. The summed E-state index contributed by atoms with van der Waals surface area (Å²) < 4.78 is 29.4. The second kappa shape index (κ2) is 6.18. The van der Waals surface area contributed by atoms with Gasteiger partial charge in [-0.05, 0) is 70.1 Å². The van der Waals surface area contributed by atoms with Crippen molar-refractivity contribution >= 4 is 59.6 Å². The van der Waals surface area contributed by atoms with Crippen LogP contribution in [0.5, 0.6) is 0 Å². The third-order valence-electron chi connectivity index (χ3n) is 3.65. The molecule has 3 rings (SSSR count). The molecule has 0 spiro atoms. The van der Waals surface area contributed by atoms with Crippen LogP contribution in [0.1, 0.15) is 18.2 Å². The minimum Gasteiger partial charge on any atom is -0.236 e. The quantitative estimate of drug-likeness (QED) is 0.493. The number of nitrogens with zero attached hydrogens (tertiary/aromatic N) is 2. The van der Waals surface area contributed by atoms with Crippen molar-refractivity contribution < 1.29 is 8.42 Å². The monoisotopic (exact) mass is 504 g/mol. The Morgan fingerprint density at radius 3 is 2.52 bits per heavy atom. The fourth-order valence-electron chi connectivity index (χ4n) is 2.50. The fourth-order valence-corrected chi connectivity index (χ4v) is 5.59. The van der Waals surface area contributed by atoms with Gasteiger partial charge in [-0.15, -0.1) is 0 Å². The Morgan fingerprint density at radius 1 is 1.26 bits per heavy atom. The molecule has 0 N–H and O–H groups in total. The van der Waals surface area contributed by atoms with E-state index in [0.29, 0.717) is 12.1 Å². The van der Waals surface area contributed by atoms with Crippen LogP contribution in [0, 0.1) is 10.5 Å². The van der Waals surface area contributed by atoms with Crippen LogP contribution in [0.15, 0.2) is 45.9 Å². The van der Waals surface area contributed by atoms with E-state index in [2.05, 4.69) is 43.5 Å². The van der Waals surface area contributed by atoms with Crippen molar-refractivity contribution in [2.75, 3.05) is 0 Å². The molecule has 0 bridgehead atoms. The molecule has 0 amide bonds. The molecule has 2 aromatic heterocycles. The summed E-state index contributed by atoms with van der Waals surface area (Å²) >= 11 is 5.60. The second-order valence-corrected chi connectivity index (χ2v) is 9.00. The van der Waals surface area contributed by atoms with Crippen LogP contribution in [0.2, 0.25) is 0 Å². The van der Waals surface area contributed by atoms with E-state index >= 15 is 0 Å². The molecule has 0 aliphatic carbocycles. The Bertz CT molecular complexity index is 995. The third kappa shape index (κ3) is 2.83. The topological polar surface area (TPSA) is 52.0 Å². The maximum Gasteiger partial charge on any atom is 0.269 e. The molecule has 2 heterocycles. The zero-order chi connectivity index (χ0) is 16.8.